The molecule has 5 heteroatoms. The lowest BCUT2D eigenvalue weighted by Gasteiger charge is -2.43. The Bertz CT molecular complexity index is 347. The van der Waals surface area contributed by atoms with Gasteiger partial charge in [0, 0.05) is 7.11 Å². The first-order chi connectivity index (χ1) is 8.76. The Kier molecular flexibility index (Phi) is 4.61. The topological polar surface area (TPSA) is 61.8 Å². The third-order valence-electron chi connectivity index (χ3n) is 5.00. The zero-order valence-corrected chi connectivity index (χ0v) is 12.6. The molecule has 1 rings (SSSR count). The van der Waals surface area contributed by atoms with Crippen LogP contribution in [0.2, 0.25) is 0 Å². The van der Waals surface area contributed by atoms with Crippen molar-refractivity contribution in [3.8, 4) is 0 Å². The average molecular weight is 272 g/mol. The van der Waals surface area contributed by atoms with Gasteiger partial charge in [-0.05, 0) is 23.7 Å². The van der Waals surface area contributed by atoms with Crippen molar-refractivity contribution >= 4 is 11.9 Å². The van der Waals surface area contributed by atoms with Gasteiger partial charge in [-0.2, -0.15) is 0 Å². The zero-order chi connectivity index (χ0) is 14.8. The molecule has 0 radical (unpaired) electrons. The first-order valence-electron chi connectivity index (χ1n) is 6.44. The largest absolute Gasteiger partial charge is 0.468 e. The first-order valence-corrected chi connectivity index (χ1v) is 6.44. The summed E-state index contributed by atoms with van der Waals surface area (Å²) in [5.41, 5.74) is -0.872. The van der Waals surface area contributed by atoms with Crippen LogP contribution in [0.4, 0.5) is 0 Å². The van der Waals surface area contributed by atoms with Crippen molar-refractivity contribution in [2.75, 3.05) is 21.3 Å². The minimum atomic E-state index is -0.919. The van der Waals surface area contributed by atoms with Crippen molar-refractivity contribution in [1.82, 2.24) is 0 Å². The quantitative estimate of drug-likeness (QED) is 0.577. The molecule has 0 bridgehead atoms. The van der Waals surface area contributed by atoms with Crippen LogP contribution in [-0.4, -0.2) is 39.4 Å². The lowest BCUT2D eigenvalue weighted by molar-refractivity contribution is -0.171. The van der Waals surface area contributed by atoms with Gasteiger partial charge in [-0.3, -0.25) is 9.59 Å². The van der Waals surface area contributed by atoms with E-state index in [1.807, 2.05) is 20.8 Å². The molecule has 5 nitrogen and oxygen atoms in total. The third kappa shape index (κ3) is 2.36. The van der Waals surface area contributed by atoms with E-state index in [1.54, 1.807) is 7.11 Å². The molecule has 0 aromatic carbocycles. The average Bonchev–Trinajstić information content (AvgIpc) is 2.60. The summed E-state index contributed by atoms with van der Waals surface area (Å²) < 4.78 is 15.1. The summed E-state index contributed by atoms with van der Waals surface area (Å²) in [5, 5.41) is 0. The number of methoxy groups -OCH3 is 3. The van der Waals surface area contributed by atoms with Gasteiger partial charge in [0.05, 0.1) is 20.3 Å². The number of hydrogen-bond donors (Lipinski definition) is 0. The third-order valence-corrected chi connectivity index (χ3v) is 5.00. The number of ether oxygens (including phenoxy) is 3. The van der Waals surface area contributed by atoms with Crippen LogP contribution in [0.25, 0.3) is 0 Å². The zero-order valence-electron chi connectivity index (χ0n) is 12.6. The maximum atomic E-state index is 12.0. The van der Waals surface area contributed by atoms with Gasteiger partial charge in [0.2, 0.25) is 0 Å². The predicted molar refractivity (Wildman–Crippen MR) is 69.4 cm³/mol. The van der Waals surface area contributed by atoms with E-state index >= 15 is 0 Å². The van der Waals surface area contributed by atoms with E-state index in [2.05, 4.69) is 0 Å². The van der Waals surface area contributed by atoms with Crippen LogP contribution in [0.5, 0.6) is 0 Å². The van der Waals surface area contributed by atoms with Crippen LogP contribution in [0.15, 0.2) is 0 Å². The first kappa shape index (κ1) is 16.0. The number of carbonyl (C=O) groups excluding carboxylic acids is 2. The van der Waals surface area contributed by atoms with Gasteiger partial charge < -0.3 is 14.2 Å². The van der Waals surface area contributed by atoms with Gasteiger partial charge in [-0.1, -0.05) is 20.8 Å². The van der Waals surface area contributed by atoms with Gasteiger partial charge in [-0.15, -0.1) is 0 Å². The Morgan fingerprint density at radius 1 is 1.05 bits per heavy atom. The lowest BCUT2D eigenvalue weighted by atomic mass is 9.61. The summed E-state index contributed by atoms with van der Waals surface area (Å²) in [6.07, 6.45) is 1.53. The fraction of sp³-hybridized carbons (Fsp3) is 0.857. The highest BCUT2D eigenvalue weighted by Crippen LogP contribution is 2.58. The van der Waals surface area contributed by atoms with Gasteiger partial charge >= 0.3 is 11.9 Å². The molecule has 0 aromatic rings. The molecule has 0 amide bonds. The minimum absolute atomic E-state index is 0.00862. The van der Waals surface area contributed by atoms with E-state index in [0.717, 1.165) is 6.42 Å². The number of carbonyl (C=O) groups is 2. The fourth-order valence-electron chi connectivity index (χ4n) is 3.26. The maximum absolute atomic E-state index is 12.0. The van der Waals surface area contributed by atoms with Crippen LogP contribution < -0.4 is 0 Å². The van der Waals surface area contributed by atoms with Gasteiger partial charge in [-0.25, -0.2) is 0 Å². The highest BCUT2D eigenvalue weighted by Gasteiger charge is 2.60. The summed E-state index contributed by atoms with van der Waals surface area (Å²) in [6, 6.07) is 0. The molecule has 1 fully saturated rings. The highest BCUT2D eigenvalue weighted by atomic mass is 16.5. The van der Waals surface area contributed by atoms with Crippen molar-refractivity contribution < 1.29 is 23.8 Å². The van der Waals surface area contributed by atoms with Crippen molar-refractivity contribution in [1.29, 1.82) is 0 Å². The molecule has 0 saturated heterocycles. The second kappa shape index (κ2) is 5.49. The Labute approximate surface area is 114 Å². The smallest absolute Gasteiger partial charge is 0.320 e. The Morgan fingerprint density at radius 2 is 1.53 bits per heavy atom. The van der Waals surface area contributed by atoms with Crippen LogP contribution in [0.1, 0.15) is 33.6 Å². The SMILES string of the molecule is COC(=O)C(C(=O)OC)[C@@]1(C)CC[C@@H](OC)C1(C)C. The number of hydrogen-bond acceptors (Lipinski definition) is 5. The molecule has 0 aromatic heterocycles. The molecule has 0 spiro atoms. The molecular formula is C14H24O5. The van der Waals surface area contributed by atoms with Crippen LogP contribution in [-0.2, 0) is 23.8 Å². The molecule has 0 heterocycles. The van der Waals surface area contributed by atoms with Crippen LogP contribution in [0, 0.1) is 16.7 Å². The molecule has 0 unspecified atom stereocenters. The van der Waals surface area contributed by atoms with E-state index in [4.69, 9.17) is 14.2 Å². The monoisotopic (exact) mass is 272 g/mol. The van der Waals surface area contributed by atoms with Gasteiger partial charge in [0.1, 0.15) is 0 Å². The second-order valence-corrected chi connectivity index (χ2v) is 5.88. The van der Waals surface area contributed by atoms with Crippen LogP contribution in [0.3, 0.4) is 0 Å². The lowest BCUT2D eigenvalue weighted by Crippen LogP contribution is -2.49. The van der Waals surface area contributed by atoms with E-state index in [9.17, 15) is 9.59 Å². The fourth-order valence-corrected chi connectivity index (χ4v) is 3.26. The maximum Gasteiger partial charge on any atom is 0.320 e. The summed E-state index contributed by atoms with van der Waals surface area (Å²) in [6.45, 7) is 5.98. The van der Waals surface area contributed by atoms with E-state index in [1.165, 1.54) is 14.2 Å². The molecule has 1 saturated carbocycles. The van der Waals surface area contributed by atoms with Crippen molar-refractivity contribution in [2.45, 2.75) is 39.7 Å². The molecule has 0 aliphatic heterocycles. The van der Waals surface area contributed by atoms with Gasteiger partial charge in [0.15, 0.2) is 5.92 Å². The van der Waals surface area contributed by atoms with Crippen molar-refractivity contribution in [2.24, 2.45) is 16.7 Å². The van der Waals surface area contributed by atoms with Crippen molar-refractivity contribution in [3.05, 3.63) is 0 Å². The van der Waals surface area contributed by atoms with E-state index in [0.29, 0.717) is 6.42 Å². The number of rotatable bonds is 4. The normalized spacial score (nSPS) is 29.3. The Balaban J connectivity index is 3.21. The molecule has 1 aliphatic carbocycles. The van der Waals surface area contributed by atoms with Gasteiger partial charge in [0.25, 0.3) is 0 Å². The number of esters is 2. The molecule has 0 N–H and O–H groups in total. The summed E-state index contributed by atoms with van der Waals surface area (Å²) in [7, 11) is 4.23. The Hall–Kier alpha value is -1.10. The highest BCUT2D eigenvalue weighted by molar-refractivity contribution is 5.96. The minimum Gasteiger partial charge on any atom is -0.468 e. The summed E-state index contributed by atoms with van der Waals surface area (Å²) in [5.74, 6) is -2.00. The van der Waals surface area contributed by atoms with Crippen molar-refractivity contribution in [3.63, 3.8) is 0 Å². The summed E-state index contributed by atoms with van der Waals surface area (Å²) in [4.78, 5) is 24.0. The molecule has 1 aliphatic rings. The summed E-state index contributed by atoms with van der Waals surface area (Å²) >= 11 is 0. The van der Waals surface area contributed by atoms with E-state index in [-0.39, 0.29) is 11.5 Å². The van der Waals surface area contributed by atoms with E-state index < -0.39 is 23.3 Å². The Morgan fingerprint density at radius 3 is 1.84 bits per heavy atom. The molecule has 19 heavy (non-hydrogen) atoms. The van der Waals surface area contributed by atoms with Crippen LogP contribution >= 0.6 is 0 Å². The molecular weight excluding hydrogens is 248 g/mol. The predicted octanol–water partition coefficient (Wildman–Crippen LogP) is 1.79. The standard InChI is InChI=1S/C14H24O5/c1-13(2)9(17-4)7-8-14(13,3)10(11(15)18-5)12(16)19-6/h9-10H,7-8H2,1-6H3/t9-,14-/m1/s1. The molecule has 2 atom stereocenters. The second-order valence-electron chi connectivity index (χ2n) is 5.88. The molecule has 110 valence electrons.